The molecule has 3 aromatic rings. The Labute approximate surface area is 140 Å². The maximum atomic E-state index is 12.8. The van der Waals surface area contributed by atoms with Crippen LogP contribution in [0.2, 0.25) is 0 Å². The van der Waals surface area contributed by atoms with Crippen molar-refractivity contribution in [3.63, 3.8) is 0 Å². The Morgan fingerprint density at radius 1 is 1.30 bits per heavy atom. The van der Waals surface area contributed by atoms with E-state index < -0.39 is 0 Å². The smallest absolute Gasteiger partial charge is 0.234 e. The number of carbonyl (C=O) groups is 1. The summed E-state index contributed by atoms with van der Waals surface area (Å²) >= 11 is 2.89. The lowest BCUT2D eigenvalue weighted by molar-refractivity contribution is -0.113. The van der Waals surface area contributed by atoms with Crippen molar-refractivity contribution in [1.29, 1.82) is 0 Å². The molecule has 0 aliphatic heterocycles. The van der Waals surface area contributed by atoms with E-state index >= 15 is 0 Å². The van der Waals surface area contributed by atoms with Crippen LogP contribution < -0.4 is 5.32 Å². The second kappa shape index (κ2) is 6.93. The lowest BCUT2D eigenvalue weighted by atomic mass is 10.3. The molecule has 8 heteroatoms. The normalized spacial score (nSPS) is 10.7. The zero-order valence-electron chi connectivity index (χ0n) is 12.2. The Balaban J connectivity index is 1.60. The molecule has 0 bridgehead atoms. The lowest BCUT2D eigenvalue weighted by Gasteiger charge is -2.05. The van der Waals surface area contributed by atoms with E-state index in [1.54, 1.807) is 11.3 Å². The summed E-state index contributed by atoms with van der Waals surface area (Å²) in [6.45, 7) is 0. The molecular weight excluding hydrogens is 335 g/mol. The van der Waals surface area contributed by atoms with Gasteiger partial charge >= 0.3 is 0 Å². The Morgan fingerprint density at radius 3 is 2.78 bits per heavy atom. The van der Waals surface area contributed by atoms with Crippen LogP contribution in [-0.4, -0.2) is 26.4 Å². The van der Waals surface area contributed by atoms with Crippen molar-refractivity contribution in [2.75, 3.05) is 11.1 Å². The van der Waals surface area contributed by atoms with Gasteiger partial charge in [0.05, 0.1) is 10.6 Å². The van der Waals surface area contributed by atoms with Crippen LogP contribution in [0.25, 0.3) is 10.7 Å². The number of hydrogen-bond donors (Lipinski definition) is 1. The minimum Gasteiger partial charge on any atom is -0.325 e. The number of thiophene rings is 1. The lowest BCUT2D eigenvalue weighted by Crippen LogP contribution is -2.14. The number of thioether (sulfide) groups is 1. The van der Waals surface area contributed by atoms with Crippen LogP contribution in [0.4, 0.5) is 10.1 Å². The van der Waals surface area contributed by atoms with E-state index in [1.807, 2.05) is 29.1 Å². The fourth-order valence-electron chi connectivity index (χ4n) is 1.92. The number of nitrogens with zero attached hydrogens (tertiary/aromatic N) is 3. The van der Waals surface area contributed by atoms with Crippen LogP contribution in [0.15, 0.2) is 46.9 Å². The van der Waals surface area contributed by atoms with Crippen LogP contribution in [0.3, 0.4) is 0 Å². The number of nitrogens with one attached hydrogen (secondary N) is 1. The maximum absolute atomic E-state index is 12.8. The molecule has 0 atom stereocenters. The highest BCUT2D eigenvalue weighted by Crippen LogP contribution is 2.26. The van der Waals surface area contributed by atoms with Crippen molar-refractivity contribution >= 4 is 34.7 Å². The number of amides is 1. The van der Waals surface area contributed by atoms with Gasteiger partial charge in [0.2, 0.25) is 5.91 Å². The molecule has 23 heavy (non-hydrogen) atoms. The van der Waals surface area contributed by atoms with Gasteiger partial charge in [0.25, 0.3) is 0 Å². The van der Waals surface area contributed by atoms with Gasteiger partial charge in [0.15, 0.2) is 11.0 Å². The molecule has 0 unspecified atom stereocenters. The van der Waals surface area contributed by atoms with E-state index in [1.165, 1.54) is 36.0 Å². The molecule has 0 aliphatic rings. The first-order valence-corrected chi connectivity index (χ1v) is 8.61. The van der Waals surface area contributed by atoms with Crippen LogP contribution >= 0.6 is 23.1 Å². The van der Waals surface area contributed by atoms with Gasteiger partial charge < -0.3 is 9.88 Å². The van der Waals surface area contributed by atoms with Crippen molar-refractivity contribution < 1.29 is 9.18 Å². The molecule has 118 valence electrons. The molecule has 0 aliphatic carbocycles. The molecular formula is C15H13FN4OS2. The summed E-state index contributed by atoms with van der Waals surface area (Å²) in [5.74, 6) is 0.467. The van der Waals surface area contributed by atoms with E-state index in [9.17, 15) is 9.18 Å². The summed E-state index contributed by atoms with van der Waals surface area (Å²) in [6, 6.07) is 9.59. The third-order valence-corrected chi connectivity index (χ3v) is 4.92. The van der Waals surface area contributed by atoms with Gasteiger partial charge in [-0.05, 0) is 35.7 Å². The predicted octanol–water partition coefficient (Wildman–Crippen LogP) is 3.41. The average molecular weight is 348 g/mol. The van der Waals surface area contributed by atoms with Gasteiger partial charge in [-0.2, -0.15) is 0 Å². The first-order chi connectivity index (χ1) is 11.1. The molecule has 1 aromatic carbocycles. The molecule has 1 N–H and O–H groups in total. The van der Waals surface area contributed by atoms with E-state index in [-0.39, 0.29) is 17.5 Å². The van der Waals surface area contributed by atoms with Crippen molar-refractivity contribution in [2.45, 2.75) is 5.16 Å². The summed E-state index contributed by atoms with van der Waals surface area (Å²) in [4.78, 5) is 13.0. The fraction of sp³-hybridized carbons (Fsp3) is 0.133. The van der Waals surface area contributed by atoms with Crippen LogP contribution in [0.5, 0.6) is 0 Å². The number of benzene rings is 1. The highest BCUT2D eigenvalue weighted by atomic mass is 32.2. The highest BCUT2D eigenvalue weighted by molar-refractivity contribution is 7.99. The summed E-state index contributed by atoms with van der Waals surface area (Å²) in [6.07, 6.45) is 0. The molecule has 2 heterocycles. The largest absolute Gasteiger partial charge is 0.325 e. The Morgan fingerprint density at radius 2 is 2.09 bits per heavy atom. The Bertz CT molecular complexity index is 800. The third-order valence-electron chi connectivity index (χ3n) is 3.04. The SMILES string of the molecule is Cn1c(SCC(=O)Nc2ccc(F)cc2)nnc1-c1cccs1. The topological polar surface area (TPSA) is 59.8 Å². The minimum atomic E-state index is -0.336. The molecule has 0 saturated heterocycles. The van der Waals surface area contributed by atoms with Crippen molar-refractivity contribution in [3.05, 3.63) is 47.6 Å². The van der Waals surface area contributed by atoms with E-state index in [0.29, 0.717) is 10.8 Å². The number of aromatic nitrogens is 3. The fourth-order valence-corrected chi connectivity index (χ4v) is 3.38. The Kier molecular flexibility index (Phi) is 4.73. The zero-order valence-corrected chi connectivity index (χ0v) is 13.8. The molecule has 1 amide bonds. The summed E-state index contributed by atoms with van der Waals surface area (Å²) in [5, 5.41) is 13.6. The number of hydrogen-bond acceptors (Lipinski definition) is 5. The second-order valence-corrected chi connectivity index (χ2v) is 6.58. The van der Waals surface area contributed by atoms with Gasteiger partial charge in [-0.15, -0.1) is 21.5 Å². The van der Waals surface area contributed by atoms with E-state index in [0.717, 1.165) is 10.7 Å². The third kappa shape index (κ3) is 3.77. The number of halogens is 1. The zero-order chi connectivity index (χ0) is 16.2. The molecule has 0 spiro atoms. The first-order valence-electron chi connectivity index (χ1n) is 6.75. The molecule has 5 nitrogen and oxygen atoms in total. The maximum Gasteiger partial charge on any atom is 0.234 e. The van der Waals surface area contributed by atoms with Crippen molar-refractivity contribution in [2.24, 2.45) is 7.05 Å². The van der Waals surface area contributed by atoms with Crippen LogP contribution in [0, 0.1) is 5.82 Å². The first kappa shape index (κ1) is 15.7. The van der Waals surface area contributed by atoms with Gasteiger partial charge in [-0.25, -0.2) is 4.39 Å². The van der Waals surface area contributed by atoms with Crippen LogP contribution in [-0.2, 0) is 11.8 Å². The van der Waals surface area contributed by atoms with Gasteiger partial charge in [0.1, 0.15) is 5.82 Å². The van der Waals surface area contributed by atoms with Crippen molar-refractivity contribution in [1.82, 2.24) is 14.8 Å². The molecule has 3 rings (SSSR count). The van der Waals surface area contributed by atoms with E-state index in [4.69, 9.17) is 0 Å². The number of rotatable bonds is 5. The molecule has 0 saturated carbocycles. The summed E-state index contributed by atoms with van der Waals surface area (Å²) < 4.78 is 14.7. The number of anilines is 1. The van der Waals surface area contributed by atoms with Gasteiger partial charge in [-0.1, -0.05) is 17.8 Å². The standard InChI is InChI=1S/C15H13FN4OS2/c1-20-14(12-3-2-8-22-12)18-19-15(20)23-9-13(21)17-11-6-4-10(16)5-7-11/h2-8H,9H2,1H3,(H,17,21). The van der Waals surface area contributed by atoms with Crippen molar-refractivity contribution in [3.8, 4) is 10.7 Å². The summed E-state index contributed by atoms with van der Waals surface area (Å²) in [5.41, 5.74) is 0.564. The number of carbonyl (C=O) groups excluding carboxylic acids is 1. The average Bonchev–Trinajstić information content (AvgIpc) is 3.17. The van der Waals surface area contributed by atoms with Gasteiger partial charge in [0, 0.05) is 12.7 Å². The van der Waals surface area contributed by atoms with Crippen LogP contribution in [0.1, 0.15) is 0 Å². The Hall–Kier alpha value is -2.19. The second-order valence-electron chi connectivity index (χ2n) is 4.69. The molecule has 0 radical (unpaired) electrons. The highest BCUT2D eigenvalue weighted by Gasteiger charge is 2.13. The molecule has 0 fully saturated rings. The van der Waals surface area contributed by atoms with E-state index in [2.05, 4.69) is 15.5 Å². The molecule has 2 aromatic heterocycles. The van der Waals surface area contributed by atoms with Gasteiger partial charge in [-0.3, -0.25) is 4.79 Å². The quantitative estimate of drug-likeness (QED) is 0.718. The minimum absolute atomic E-state index is 0.178. The predicted molar refractivity (Wildman–Crippen MR) is 90.1 cm³/mol. The monoisotopic (exact) mass is 348 g/mol. The summed E-state index contributed by atoms with van der Waals surface area (Å²) in [7, 11) is 1.87.